The number of nitrogens with zero attached hydrogens (tertiary/aromatic N) is 3. The molecule has 0 unspecified atom stereocenters. The first-order chi connectivity index (χ1) is 12.6. The molecule has 0 spiro atoms. The summed E-state index contributed by atoms with van der Waals surface area (Å²) in [5.41, 5.74) is 1.95. The lowest BCUT2D eigenvalue weighted by molar-refractivity contribution is -0.119. The number of carbonyl (C=O) groups is 1. The van der Waals surface area contributed by atoms with Gasteiger partial charge in [-0.3, -0.25) is 9.48 Å². The first kappa shape index (κ1) is 17.0. The van der Waals surface area contributed by atoms with E-state index in [9.17, 15) is 4.79 Å². The average Bonchev–Trinajstić information content (AvgIpc) is 3.32. The van der Waals surface area contributed by atoms with E-state index < -0.39 is 0 Å². The lowest BCUT2D eigenvalue weighted by atomic mass is 9.90. The zero-order valence-corrected chi connectivity index (χ0v) is 15.5. The van der Waals surface area contributed by atoms with Gasteiger partial charge >= 0.3 is 0 Å². The molecule has 1 aromatic carbocycles. The highest BCUT2D eigenvalue weighted by atomic mass is 32.1. The number of ether oxygens (including phenoxy) is 1. The molecule has 1 aliphatic heterocycles. The molecular weight excluding hydrogens is 350 g/mol. The second-order valence-electron chi connectivity index (χ2n) is 6.39. The van der Waals surface area contributed by atoms with E-state index in [4.69, 9.17) is 4.74 Å². The smallest absolute Gasteiger partial charge is 0.231 e. The third-order valence-electron chi connectivity index (χ3n) is 4.61. The van der Waals surface area contributed by atoms with Crippen LogP contribution in [0.4, 0.5) is 5.13 Å². The van der Waals surface area contributed by atoms with Gasteiger partial charge in [-0.1, -0.05) is 11.3 Å². The highest BCUT2D eigenvalue weighted by Crippen LogP contribution is 2.32. The van der Waals surface area contributed by atoms with Crippen LogP contribution in [0.25, 0.3) is 10.2 Å². The summed E-state index contributed by atoms with van der Waals surface area (Å²) in [6.07, 6.45) is 3.82. The van der Waals surface area contributed by atoms with Crippen LogP contribution in [0.2, 0.25) is 0 Å². The molecule has 2 aromatic heterocycles. The minimum atomic E-state index is -0.134. The molecule has 3 aromatic rings. The molecule has 4 rings (SSSR count). The highest BCUT2D eigenvalue weighted by molar-refractivity contribution is 7.22. The summed E-state index contributed by atoms with van der Waals surface area (Å²) in [4.78, 5) is 17.3. The topological polar surface area (TPSA) is 81.1 Å². The maximum atomic E-state index is 12.8. The van der Waals surface area contributed by atoms with Gasteiger partial charge in [0.1, 0.15) is 5.75 Å². The molecule has 8 heteroatoms. The van der Waals surface area contributed by atoms with Gasteiger partial charge in [0.25, 0.3) is 0 Å². The minimum absolute atomic E-state index is 0.00654. The third-order valence-corrected chi connectivity index (χ3v) is 5.54. The molecule has 1 fully saturated rings. The molecule has 0 aliphatic carbocycles. The number of amides is 1. The van der Waals surface area contributed by atoms with Crippen LogP contribution in [0.5, 0.6) is 5.75 Å². The second kappa shape index (κ2) is 7.05. The Bertz CT molecular complexity index is 935. The molecule has 0 radical (unpaired) electrons. The van der Waals surface area contributed by atoms with E-state index in [1.54, 1.807) is 4.68 Å². The van der Waals surface area contributed by atoms with Crippen LogP contribution in [-0.4, -0.2) is 40.4 Å². The number of anilines is 1. The molecule has 7 nitrogen and oxygen atoms in total. The maximum Gasteiger partial charge on any atom is 0.231 e. The van der Waals surface area contributed by atoms with Gasteiger partial charge in [0.15, 0.2) is 5.13 Å². The number of fused-ring (bicyclic) bond motifs is 1. The highest BCUT2D eigenvalue weighted by Gasteiger charge is 2.35. The Morgan fingerprint density at radius 1 is 1.46 bits per heavy atom. The van der Waals surface area contributed by atoms with Crippen molar-refractivity contribution in [3.8, 4) is 5.75 Å². The Balaban J connectivity index is 1.51. The lowest BCUT2D eigenvalue weighted by Gasteiger charge is -2.15. The van der Waals surface area contributed by atoms with Crippen molar-refractivity contribution in [1.29, 1.82) is 0 Å². The molecule has 0 saturated carbocycles. The standard InChI is InChI=1S/C18H21N5O2S/c1-3-25-12-4-5-15-16(6-12)26-18(21-15)22-17(24)14-9-19-8-13(14)11-7-20-23(2)10-11/h4-7,10,13-14,19H,3,8-9H2,1-2H3,(H,21,22,24)/t13-,14+/m1/s1. The minimum Gasteiger partial charge on any atom is -0.494 e. The first-order valence-electron chi connectivity index (χ1n) is 8.67. The summed E-state index contributed by atoms with van der Waals surface area (Å²) >= 11 is 1.47. The number of hydrogen-bond donors (Lipinski definition) is 2. The first-order valence-corrected chi connectivity index (χ1v) is 9.49. The molecular formula is C18H21N5O2S. The van der Waals surface area contributed by atoms with Crippen molar-refractivity contribution in [3.05, 3.63) is 36.2 Å². The normalized spacial score (nSPS) is 19.8. The summed E-state index contributed by atoms with van der Waals surface area (Å²) in [6, 6.07) is 5.78. The fourth-order valence-electron chi connectivity index (χ4n) is 3.35. The molecule has 26 heavy (non-hydrogen) atoms. The number of rotatable bonds is 5. The van der Waals surface area contributed by atoms with Crippen LogP contribution in [0.3, 0.4) is 0 Å². The van der Waals surface area contributed by atoms with E-state index in [-0.39, 0.29) is 17.7 Å². The van der Waals surface area contributed by atoms with Crippen LogP contribution in [0, 0.1) is 5.92 Å². The Kier molecular flexibility index (Phi) is 4.60. The Morgan fingerprint density at radius 3 is 3.12 bits per heavy atom. The van der Waals surface area contributed by atoms with Crippen LogP contribution >= 0.6 is 11.3 Å². The van der Waals surface area contributed by atoms with Gasteiger partial charge in [0.05, 0.1) is 28.9 Å². The molecule has 3 heterocycles. The van der Waals surface area contributed by atoms with E-state index in [1.807, 2.05) is 44.6 Å². The Morgan fingerprint density at radius 2 is 2.35 bits per heavy atom. The summed E-state index contributed by atoms with van der Waals surface area (Å²) < 4.78 is 8.30. The predicted molar refractivity (Wildman–Crippen MR) is 102 cm³/mol. The average molecular weight is 371 g/mol. The van der Waals surface area contributed by atoms with Gasteiger partial charge in [-0.05, 0) is 30.7 Å². The fourth-order valence-corrected chi connectivity index (χ4v) is 4.25. The van der Waals surface area contributed by atoms with Crippen LogP contribution < -0.4 is 15.4 Å². The fraction of sp³-hybridized carbons (Fsp3) is 0.389. The van der Waals surface area contributed by atoms with Gasteiger partial charge in [-0.2, -0.15) is 5.10 Å². The number of benzene rings is 1. The van der Waals surface area contributed by atoms with Gasteiger partial charge in [-0.15, -0.1) is 0 Å². The van der Waals surface area contributed by atoms with Gasteiger partial charge in [-0.25, -0.2) is 4.98 Å². The predicted octanol–water partition coefficient (Wildman–Crippen LogP) is 2.37. The summed E-state index contributed by atoms with van der Waals surface area (Å²) in [5.74, 6) is 0.805. The summed E-state index contributed by atoms with van der Waals surface area (Å²) in [5, 5.41) is 11.2. The quantitative estimate of drug-likeness (QED) is 0.720. The van der Waals surface area contributed by atoms with E-state index in [1.165, 1.54) is 11.3 Å². The van der Waals surface area contributed by atoms with Crippen molar-refractivity contribution in [2.24, 2.45) is 13.0 Å². The number of thiazole rings is 1. The van der Waals surface area contributed by atoms with Crippen molar-refractivity contribution < 1.29 is 9.53 Å². The zero-order valence-electron chi connectivity index (χ0n) is 14.7. The molecule has 1 amide bonds. The molecule has 136 valence electrons. The Labute approximate surface area is 155 Å². The molecule has 2 N–H and O–H groups in total. The number of aromatic nitrogens is 3. The van der Waals surface area contributed by atoms with Crippen LogP contribution in [0.15, 0.2) is 30.6 Å². The van der Waals surface area contributed by atoms with Crippen molar-refractivity contribution in [2.75, 3.05) is 25.0 Å². The monoisotopic (exact) mass is 371 g/mol. The number of hydrogen-bond acceptors (Lipinski definition) is 6. The lowest BCUT2D eigenvalue weighted by Crippen LogP contribution is -2.27. The van der Waals surface area contributed by atoms with Crippen LogP contribution in [0.1, 0.15) is 18.4 Å². The second-order valence-corrected chi connectivity index (χ2v) is 7.42. The maximum absolute atomic E-state index is 12.8. The number of aryl methyl sites for hydroxylation is 1. The summed E-state index contributed by atoms with van der Waals surface area (Å²) in [6.45, 7) is 4.02. The largest absolute Gasteiger partial charge is 0.494 e. The number of nitrogens with one attached hydrogen (secondary N) is 2. The van der Waals surface area contributed by atoms with Crippen molar-refractivity contribution in [3.63, 3.8) is 0 Å². The van der Waals surface area contributed by atoms with E-state index >= 15 is 0 Å². The van der Waals surface area contributed by atoms with Gasteiger partial charge in [0, 0.05) is 32.3 Å². The van der Waals surface area contributed by atoms with Crippen molar-refractivity contribution in [2.45, 2.75) is 12.8 Å². The third kappa shape index (κ3) is 3.30. The van der Waals surface area contributed by atoms with E-state index in [2.05, 4.69) is 20.7 Å². The van der Waals surface area contributed by atoms with Crippen molar-refractivity contribution >= 4 is 32.6 Å². The van der Waals surface area contributed by atoms with Crippen LogP contribution in [-0.2, 0) is 11.8 Å². The molecule has 2 atom stereocenters. The zero-order chi connectivity index (χ0) is 18.1. The molecule has 1 aliphatic rings. The SMILES string of the molecule is CCOc1ccc2nc(NC(=O)[C@H]3CNC[C@@H]3c3cnn(C)c3)sc2c1. The van der Waals surface area contributed by atoms with Gasteiger partial charge < -0.3 is 15.4 Å². The summed E-state index contributed by atoms with van der Waals surface area (Å²) in [7, 11) is 1.89. The van der Waals surface area contributed by atoms with E-state index in [0.29, 0.717) is 18.3 Å². The number of carbonyl (C=O) groups excluding carboxylic acids is 1. The van der Waals surface area contributed by atoms with Gasteiger partial charge in [0.2, 0.25) is 5.91 Å². The molecule has 0 bridgehead atoms. The van der Waals surface area contributed by atoms with Crippen molar-refractivity contribution in [1.82, 2.24) is 20.1 Å². The van der Waals surface area contributed by atoms with E-state index in [0.717, 1.165) is 28.1 Å². The Hall–Kier alpha value is -2.45. The molecule has 1 saturated heterocycles.